The summed E-state index contributed by atoms with van der Waals surface area (Å²) in [6.45, 7) is 1.35. The molecule has 2 rings (SSSR count). The van der Waals surface area contributed by atoms with Crippen molar-refractivity contribution >= 4 is 35.1 Å². The second-order valence-corrected chi connectivity index (χ2v) is 5.41. The van der Waals surface area contributed by atoms with Gasteiger partial charge in [0.15, 0.2) is 0 Å². The summed E-state index contributed by atoms with van der Waals surface area (Å²) < 4.78 is 5.55. The molecule has 6 nitrogen and oxygen atoms in total. The van der Waals surface area contributed by atoms with Crippen molar-refractivity contribution in [1.82, 2.24) is 10.3 Å². The van der Waals surface area contributed by atoms with Crippen LogP contribution in [-0.2, 0) is 4.79 Å². The van der Waals surface area contributed by atoms with E-state index in [0.717, 1.165) is 0 Å². The number of nitrogens with zero attached hydrogens (tertiary/aromatic N) is 1. The number of carboxylic acid groups (broad SMARTS) is 1. The maximum Gasteiger partial charge on any atom is 0.325 e. The number of halogens is 2. The molecule has 1 aromatic heterocycles. The van der Waals surface area contributed by atoms with Crippen molar-refractivity contribution in [3.8, 4) is 11.6 Å². The van der Waals surface area contributed by atoms with E-state index < -0.39 is 17.9 Å². The van der Waals surface area contributed by atoms with E-state index >= 15 is 0 Å². The molecule has 2 N–H and O–H groups in total. The lowest BCUT2D eigenvalue weighted by Gasteiger charge is -2.13. The van der Waals surface area contributed by atoms with Crippen molar-refractivity contribution in [3.63, 3.8) is 0 Å². The van der Waals surface area contributed by atoms with Crippen molar-refractivity contribution < 1.29 is 19.4 Å². The van der Waals surface area contributed by atoms with Crippen LogP contribution in [0.25, 0.3) is 0 Å². The van der Waals surface area contributed by atoms with Crippen molar-refractivity contribution in [3.05, 3.63) is 52.1 Å². The third kappa shape index (κ3) is 4.34. The fourth-order valence-corrected chi connectivity index (χ4v) is 2.09. The first-order valence-electron chi connectivity index (χ1n) is 6.50. The normalized spacial score (nSPS) is 11.6. The van der Waals surface area contributed by atoms with Gasteiger partial charge in [-0.3, -0.25) is 9.59 Å². The molecule has 0 unspecified atom stereocenters. The number of pyridine rings is 1. The first kappa shape index (κ1) is 17.1. The largest absolute Gasteiger partial charge is 0.480 e. The van der Waals surface area contributed by atoms with Crippen LogP contribution in [0.3, 0.4) is 0 Å². The Morgan fingerprint density at radius 1 is 1.30 bits per heavy atom. The van der Waals surface area contributed by atoms with Gasteiger partial charge in [-0.1, -0.05) is 23.2 Å². The Hall–Kier alpha value is -2.31. The number of benzene rings is 1. The fourth-order valence-electron chi connectivity index (χ4n) is 1.64. The molecule has 0 fully saturated rings. The average Bonchev–Trinajstić information content (AvgIpc) is 2.50. The number of carboxylic acids is 1. The molecule has 1 amide bonds. The lowest BCUT2D eigenvalue weighted by atomic mass is 10.2. The van der Waals surface area contributed by atoms with Gasteiger partial charge in [-0.05, 0) is 37.3 Å². The lowest BCUT2D eigenvalue weighted by molar-refractivity contribution is -0.138. The van der Waals surface area contributed by atoms with Crippen LogP contribution < -0.4 is 10.1 Å². The molecule has 1 aromatic carbocycles. The van der Waals surface area contributed by atoms with Gasteiger partial charge in [0.25, 0.3) is 5.91 Å². The molecule has 0 aliphatic carbocycles. The number of hydrogen-bond acceptors (Lipinski definition) is 4. The second kappa shape index (κ2) is 7.30. The predicted octanol–water partition coefficient (Wildman–Crippen LogP) is 3.38. The molecule has 0 saturated carbocycles. The highest BCUT2D eigenvalue weighted by Crippen LogP contribution is 2.32. The molecule has 0 aliphatic rings. The number of carbonyl (C=O) groups is 2. The summed E-state index contributed by atoms with van der Waals surface area (Å²) in [5, 5.41) is 11.9. The van der Waals surface area contributed by atoms with Crippen LogP contribution in [0.4, 0.5) is 0 Å². The minimum Gasteiger partial charge on any atom is -0.480 e. The molecule has 1 atom stereocenters. The summed E-state index contributed by atoms with van der Waals surface area (Å²) in [6, 6.07) is 6.58. The number of rotatable bonds is 5. The van der Waals surface area contributed by atoms with Crippen LogP contribution in [0.1, 0.15) is 17.3 Å². The Morgan fingerprint density at radius 2 is 2.04 bits per heavy atom. The molecule has 0 saturated heterocycles. The van der Waals surface area contributed by atoms with Crippen LogP contribution >= 0.6 is 23.2 Å². The van der Waals surface area contributed by atoms with E-state index in [2.05, 4.69) is 10.3 Å². The quantitative estimate of drug-likeness (QED) is 0.858. The summed E-state index contributed by atoms with van der Waals surface area (Å²) in [7, 11) is 0. The number of nitrogens with one attached hydrogen (secondary N) is 1. The number of amides is 1. The minimum atomic E-state index is -1.15. The zero-order valence-corrected chi connectivity index (χ0v) is 13.4. The van der Waals surface area contributed by atoms with Crippen LogP contribution in [0.15, 0.2) is 36.5 Å². The molecule has 0 radical (unpaired) electrons. The second-order valence-electron chi connectivity index (χ2n) is 4.57. The first-order valence-corrected chi connectivity index (χ1v) is 7.25. The van der Waals surface area contributed by atoms with Crippen LogP contribution in [0, 0.1) is 0 Å². The minimum absolute atomic E-state index is 0.00631. The van der Waals surface area contributed by atoms with Gasteiger partial charge in [-0.15, -0.1) is 0 Å². The van der Waals surface area contributed by atoms with Crippen molar-refractivity contribution in [2.24, 2.45) is 0 Å². The van der Waals surface area contributed by atoms with Gasteiger partial charge in [-0.2, -0.15) is 0 Å². The molecule has 8 heteroatoms. The Balaban J connectivity index is 2.27. The SMILES string of the molecule is C[C@H](NC(=O)c1cccnc1Oc1ccc(Cl)cc1Cl)C(=O)O. The summed E-state index contributed by atoms with van der Waals surface area (Å²) in [5.41, 5.74) is 0.0895. The van der Waals surface area contributed by atoms with Gasteiger partial charge in [0.05, 0.1) is 5.02 Å². The molecule has 120 valence electrons. The molecular formula is C15H12Cl2N2O4. The highest BCUT2D eigenvalue weighted by atomic mass is 35.5. The molecule has 2 aromatic rings. The Kier molecular flexibility index (Phi) is 5.41. The molecular weight excluding hydrogens is 343 g/mol. The maximum atomic E-state index is 12.2. The summed E-state index contributed by atoms with van der Waals surface area (Å²) >= 11 is 11.8. The third-order valence-corrected chi connectivity index (χ3v) is 3.36. The van der Waals surface area contributed by atoms with Crippen molar-refractivity contribution in [2.45, 2.75) is 13.0 Å². The third-order valence-electron chi connectivity index (χ3n) is 2.83. The van der Waals surface area contributed by atoms with E-state index in [0.29, 0.717) is 5.02 Å². The maximum absolute atomic E-state index is 12.2. The Bertz CT molecular complexity index is 752. The summed E-state index contributed by atoms with van der Waals surface area (Å²) in [4.78, 5) is 27.0. The lowest BCUT2D eigenvalue weighted by Crippen LogP contribution is -2.38. The summed E-state index contributed by atoms with van der Waals surface area (Å²) in [5.74, 6) is -1.49. The fraction of sp³-hybridized carbons (Fsp3) is 0.133. The van der Waals surface area contributed by atoms with Gasteiger partial charge in [0.1, 0.15) is 17.4 Å². The molecule has 0 spiro atoms. The zero-order chi connectivity index (χ0) is 17.0. The van der Waals surface area contributed by atoms with E-state index in [-0.39, 0.29) is 22.2 Å². The zero-order valence-electron chi connectivity index (χ0n) is 11.9. The van der Waals surface area contributed by atoms with Gasteiger partial charge < -0.3 is 15.2 Å². The smallest absolute Gasteiger partial charge is 0.325 e. The van der Waals surface area contributed by atoms with E-state index in [1.807, 2.05) is 0 Å². The number of aromatic nitrogens is 1. The van der Waals surface area contributed by atoms with Crippen molar-refractivity contribution in [1.29, 1.82) is 0 Å². The Labute approximate surface area is 142 Å². The topological polar surface area (TPSA) is 88.5 Å². The summed E-state index contributed by atoms with van der Waals surface area (Å²) in [6.07, 6.45) is 1.44. The number of ether oxygens (including phenoxy) is 1. The van der Waals surface area contributed by atoms with E-state index in [4.69, 9.17) is 33.0 Å². The van der Waals surface area contributed by atoms with Gasteiger partial charge in [-0.25, -0.2) is 4.98 Å². The van der Waals surface area contributed by atoms with Gasteiger partial charge in [0, 0.05) is 11.2 Å². The van der Waals surface area contributed by atoms with Gasteiger partial charge in [0.2, 0.25) is 5.88 Å². The Morgan fingerprint density at radius 3 is 2.70 bits per heavy atom. The highest BCUT2D eigenvalue weighted by Gasteiger charge is 2.20. The monoisotopic (exact) mass is 354 g/mol. The number of hydrogen-bond donors (Lipinski definition) is 2. The van der Waals surface area contributed by atoms with Gasteiger partial charge >= 0.3 is 5.97 Å². The van der Waals surface area contributed by atoms with Crippen molar-refractivity contribution in [2.75, 3.05) is 0 Å². The van der Waals surface area contributed by atoms with Crippen LogP contribution in [0.5, 0.6) is 11.6 Å². The number of carbonyl (C=O) groups excluding carboxylic acids is 1. The van der Waals surface area contributed by atoms with E-state index in [1.165, 1.54) is 31.3 Å². The average molecular weight is 355 g/mol. The van der Waals surface area contributed by atoms with E-state index in [1.54, 1.807) is 12.1 Å². The first-order chi connectivity index (χ1) is 10.9. The molecule has 0 bridgehead atoms. The predicted molar refractivity (Wildman–Crippen MR) is 85.3 cm³/mol. The molecule has 23 heavy (non-hydrogen) atoms. The highest BCUT2D eigenvalue weighted by molar-refractivity contribution is 6.35. The number of aliphatic carboxylic acids is 1. The standard InChI is InChI=1S/C15H12Cl2N2O4/c1-8(15(21)22)19-13(20)10-3-2-6-18-14(10)23-12-5-4-9(16)7-11(12)17/h2-8H,1H3,(H,19,20)(H,21,22)/t8-/m0/s1. The molecule has 1 heterocycles. The van der Waals surface area contributed by atoms with Crippen LogP contribution in [-0.4, -0.2) is 28.0 Å². The van der Waals surface area contributed by atoms with E-state index in [9.17, 15) is 9.59 Å². The van der Waals surface area contributed by atoms with Crippen LogP contribution in [0.2, 0.25) is 10.0 Å². The molecule has 0 aliphatic heterocycles.